The van der Waals surface area contributed by atoms with Gasteiger partial charge in [-0.1, -0.05) is 13.8 Å². The Hall–Kier alpha value is -0.990. The third-order valence-electron chi connectivity index (χ3n) is 2.98. The van der Waals surface area contributed by atoms with Crippen molar-refractivity contribution in [1.82, 2.24) is 10.2 Å². The van der Waals surface area contributed by atoms with Crippen LogP contribution in [0.5, 0.6) is 0 Å². The summed E-state index contributed by atoms with van der Waals surface area (Å²) in [5.74, 6) is 1.78. The third kappa shape index (κ3) is 1.85. The second-order valence-electron chi connectivity index (χ2n) is 4.02. The maximum absolute atomic E-state index is 3.92. The molecule has 0 radical (unpaired) electrons. The van der Waals surface area contributed by atoms with Gasteiger partial charge in [0.05, 0.1) is 11.9 Å². The first-order valence-corrected chi connectivity index (χ1v) is 5.06. The number of H-pyrrole nitrogens is 1. The minimum absolute atomic E-state index is 0.632. The van der Waals surface area contributed by atoms with E-state index in [1.54, 1.807) is 0 Å². The highest BCUT2D eigenvalue weighted by molar-refractivity contribution is 5.39. The summed E-state index contributed by atoms with van der Waals surface area (Å²) in [6, 6.07) is 0.632. The molecule has 0 saturated heterocycles. The van der Waals surface area contributed by atoms with Crippen LogP contribution in [0.3, 0.4) is 0 Å². The Morgan fingerprint density at radius 2 is 2.54 bits per heavy atom. The third-order valence-corrected chi connectivity index (χ3v) is 2.98. The summed E-state index contributed by atoms with van der Waals surface area (Å²) in [5, 5.41) is 10.2. The van der Waals surface area contributed by atoms with Crippen LogP contribution < -0.4 is 5.32 Å². The van der Waals surface area contributed by atoms with Crippen molar-refractivity contribution in [2.75, 3.05) is 5.32 Å². The maximum atomic E-state index is 3.92. The number of nitrogens with zero attached hydrogens (tertiary/aromatic N) is 1. The highest BCUT2D eigenvalue weighted by atomic mass is 15.1. The van der Waals surface area contributed by atoms with Gasteiger partial charge in [0.15, 0.2) is 0 Å². The zero-order valence-electron chi connectivity index (χ0n) is 8.25. The fourth-order valence-electron chi connectivity index (χ4n) is 1.97. The summed E-state index contributed by atoms with van der Waals surface area (Å²) in [7, 11) is 0. The number of rotatable bonds is 4. The molecular formula is C10H17N3. The van der Waals surface area contributed by atoms with Crippen molar-refractivity contribution in [1.29, 1.82) is 0 Å². The van der Waals surface area contributed by atoms with Crippen LogP contribution in [-0.4, -0.2) is 16.2 Å². The van der Waals surface area contributed by atoms with Gasteiger partial charge in [-0.2, -0.15) is 5.10 Å². The molecule has 0 spiro atoms. The summed E-state index contributed by atoms with van der Waals surface area (Å²) >= 11 is 0. The second kappa shape index (κ2) is 3.40. The molecule has 13 heavy (non-hydrogen) atoms. The minimum atomic E-state index is 0.632. The van der Waals surface area contributed by atoms with Crippen molar-refractivity contribution in [3.63, 3.8) is 0 Å². The molecule has 1 aliphatic rings. The van der Waals surface area contributed by atoms with Gasteiger partial charge in [-0.15, -0.1) is 0 Å². The lowest BCUT2D eigenvalue weighted by Crippen LogP contribution is -2.21. The molecule has 0 bridgehead atoms. The molecular weight excluding hydrogens is 162 g/mol. The molecule has 3 nitrogen and oxygen atoms in total. The highest BCUT2D eigenvalue weighted by Gasteiger charge is 2.38. The predicted molar refractivity (Wildman–Crippen MR) is 53.6 cm³/mol. The van der Waals surface area contributed by atoms with Crippen molar-refractivity contribution in [3.8, 4) is 0 Å². The van der Waals surface area contributed by atoms with E-state index >= 15 is 0 Å². The first-order valence-electron chi connectivity index (χ1n) is 5.06. The fraction of sp³-hybridized carbons (Fsp3) is 0.700. The number of hydrogen-bond donors (Lipinski definition) is 2. The molecule has 3 atom stereocenters. The number of anilines is 1. The van der Waals surface area contributed by atoms with Crippen molar-refractivity contribution in [3.05, 3.63) is 12.4 Å². The van der Waals surface area contributed by atoms with E-state index in [0.29, 0.717) is 6.04 Å². The second-order valence-corrected chi connectivity index (χ2v) is 4.02. The summed E-state index contributed by atoms with van der Waals surface area (Å²) in [6.07, 6.45) is 6.33. The van der Waals surface area contributed by atoms with E-state index in [-0.39, 0.29) is 0 Å². The van der Waals surface area contributed by atoms with Gasteiger partial charge in [-0.05, 0) is 24.7 Å². The smallest absolute Gasteiger partial charge is 0.0726 e. The Labute approximate surface area is 78.9 Å². The van der Waals surface area contributed by atoms with E-state index in [2.05, 4.69) is 29.4 Å². The Bertz CT molecular complexity index is 255. The zero-order chi connectivity index (χ0) is 9.26. The van der Waals surface area contributed by atoms with Crippen LogP contribution in [-0.2, 0) is 0 Å². The normalized spacial score (nSPS) is 28.5. The highest BCUT2D eigenvalue weighted by Crippen LogP contribution is 2.42. The Morgan fingerprint density at radius 3 is 3.00 bits per heavy atom. The van der Waals surface area contributed by atoms with E-state index in [0.717, 1.165) is 17.5 Å². The van der Waals surface area contributed by atoms with Gasteiger partial charge in [0.25, 0.3) is 0 Å². The molecule has 3 unspecified atom stereocenters. The van der Waals surface area contributed by atoms with Crippen LogP contribution in [0, 0.1) is 11.8 Å². The number of nitrogens with one attached hydrogen (secondary N) is 2. The van der Waals surface area contributed by atoms with Gasteiger partial charge in [0, 0.05) is 12.2 Å². The Morgan fingerprint density at radius 1 is 1.77 bits per heavy atom. The van der Waals surface area contributed by atoms with Crippen molar-refractivity contribution in [2.24, 2.45) is 11.8 Å². The van der Waals surface area contributed by atoms with Gasteiger partial charge >= 0.3 is 0 Å². The van der Waals surface area contributed by atoms with Crippen LogP contribution in [0.15, 0.2) is 12.4 Å². The van der Waals surface area contributed by atoms with Gasteiger partial charge in [-0.25, -0.2) is 0 Å². The predicted octanol–water partition coefficient (Wildman–Crippen LogP) is 2.26. The number of aromatic amines is 1. The summed E-state index contributed by atoms with van der Waals surface area (Å²) in [4.78, 5) is 0. The first kappa shape index (κ1) is 8.60. The van der Waals surface area contributed by atoms with Gasteiger partial charge in [0.2, 0.25) is 0 Å². The number of aromatic nitrogens is 2. The van der Waals surface area contributed by atoms with E-state index in [1.165, 1.54) is 12.8 Å². The van der Waals surface area contributed by atoms with Crippen molar-refractivity contribution in [2.45, 2.75) is 32.7 Å². The molecule has 0 aliphatic heterocycles. The average Bonchev–Trinajstić information content (AvgIpc) is 2.68. The average molecular weight is 179 g/mol. The van der Waals surface area contributed by atoms with Crippen molar-refractivity contribution >= 4 is 5.69 Å². The molecule has 1 aliphatic carbocycles. The lowest BCUT2D eigenvalue weighted by atomic mass is 10.1. The van der Waals surface area contributed by atoms with Crippen LogP contribution in [0.4, 0.5) is 5.69 Å². The quantitative estimate of drug-likeness (QED) is 0.744. The standard InChI is InChI=1S/C10H17N3/c1-3-10(9-4-7(9)2)13-8-5-11-12-6-8/h5-7,9-10,13H,3-4H2,1-2H3,(H,11,12). The van der Waals surface area contributed by atoms with Crippen LogP contribution in [0.25, 0.3) is 0 Å². The van der Waals surface area contributed by atoms with E-state index in [4.69, 9.17) is 0 Å². The van der Waals surface area contributed by atoms with E-state index in [9.17, 15) is 0 Å². The van der Waals surface area contributed by atoms with Gasteiger partial charge in [-0.3, -0.25) is 5.10 Å². The molecule has 1 heterocycles. The van der Waals surface area contributed by atoms with Crippen LogP contribution >= 0.6 is 0 Å². The van der Waals surface area contributed by atoms with Crippen LogP contribution in [0.1, 0.15) is 26.7 Å². The van der Waals surface area contributed by atoms with E-state index < -0.39 is 0 Å². The first-order chi connectivity index (χ1) is 6.31. The fourth-order valence-corrected chi connectivity index (χ4v) is 1.97. The van der Waals surface area contributed by atoms with E-state index in [1.807, 2.05) is 12.4 Å². The molecule has 2 N–H and O–H groups in total. The SMILES string of the molecule is CCC(Nc1cn[nH]c1)C1CC1C. The van der Waals surface area contributed by atoms with Crippen LogP contribution in [0.2, 0.25) is 0 Å². The largest absolute Gasteiger partial charge is 0.380 e. The van der Waals surface area contributed by atoms with Gasteiger partial charge in [0.1, 0.15) is 0 Å². The molecule has 1 saturated carbocycles. The monoisotopic (exact) mass is 179 g/mol. The Balaban J connectivity index is 1.91. The maximum Gasteiger partial charge on any atom is 0.0726 e. The molecule has 2 rings (SSSR count). The molecule has 1 fully saturated rings. The Kier molecular flexibility index (Phi) is 2.25. The lowest BCUT2D eigenvalue weighted by Gasteiger charge is -2.16. The van der Waals surface area contributed by atoms with Crippen molar-refractivity contribution < 1.29 is 0 Å². The summed E-state index contributed by atoms with van der Waals surface area (Å²) < 4.78 is 0. The molecule has 3 heteroatoms. The summed E-state index contributed by atoms with van der Waals surface area (Å²) in [6.45, 7) is 4.56. The molecule has 0 aromatic carbocycles. The zero-order valence-corrected chi connectivity index (χ0v) is 8.25. The molecule has 72 valence electrons. The number of hydrogen-bond acceptors (Lipinski definition) is 2. The minimum Gasteiger partial charge on any atom is -0.380 e. The topological polar surface area (TPSA) is 40.7 Å². The molecule has 1 aromatic rings. The van der Waals surface area contributed by atoms with Gasteiger partial charge < -0.3 is 5.32 Å². The molecule has 0 amide bonds. The lowest BCUT2D eigenvalue weighted by molar-refractivity contribution is 0.583. The molecule has 1 aromatic heterocycles. The summed E-state index contributed by atoms with van der Waals surface area (Å²) in [5.41, 5.74) is 1.12.